The third-order valence-corrected chi connectivity index (χ3v) is 2.77. The number of nitrogens with one attached hydrogen (secondary N) is 3. The average molecular weight is 340 g/mol. The zero-order valence-electron chi connectivity index (χ0n) is 13.9. The van der Waals surface area contributed by atoms with Crippen LogP contribution in [0.2, 0.25) is 0 Å². The van der Waals surface area contributed by atoms with Crippen LogP contribution in [0.15, 0.2) is 18.3 Å². The van der Waals surface area contributed by atoms with E-state index >= 15 is 0 Å². The summed E-state index contributed by atoms with van der Waals surface area (Å²) >= 11 is 5.16. The molecule has 1 amide bonds. The van der Waals surface area contributed by atoms with E-state index in [4.69, 9.17) is 21.7 Å². The van der Waals surface area contributed by atoms with E-state index in [1.807, 2.05) is 20.8 Å². The standard InChI is InChI=1S/C15H24N4O3S/c1-15(2,3)22-14(20)17-9-5-8-16-13(23)19-12-7-6-11(21-4)10-18-12/h6-7,10H,5,8-9H2,1-4H3,(H,17,20)(H2,16,18,19,23). The molecule has 8 heteroatoms. The van der Waals surface area contributed by atoms with Crippen molar-refractivity contribution in [2.24, 2.45) is 0 Å². The number of methoxy groups -OCH3 is 1. The van der Waals surface area contributed by atoms with Gasteiger partial charge >= 0.3 is 6.09 Å². The zero-order chi connectivity index (χ0) is 17.3. The number of aromatic nitrogens is 1. The zero-order valence-corrected chi connectivity index (χ0v) is 14.8. The molecule has 1 aromatic heterocycles. The highest BCUT2D eigenvalue weighted by Gasteiger charge is 2.15. The number of anilines is 1. The number of rotatable bonds is 6. The molecule has 128 valence electrons. The molecule has 0 saturated heterocycles. The Morgan fingerprint density at radius 1 is 1.26 bits per heavy atom. The highest BCUT2D eigenvalue weighted by molar-refractivity contribution is 7.80. The monoisotopic (exact) mass is 340 g/mol. The molecule has 0 aliphatic rings. The minimum Gasteiger partial charge on any atom is -0.495 e. The van der Waals surface area contributed by atoms with E-state index in [0.717, 1.165) is 6.42 Å². The van der Waals surface area contributed by atoms with Gasteiger partial charge in [-0.3, -0.25) is 0 Å². The minimum absolute atomic E-state index is 0.416. The van der Waals surface area contributed by atoms with Crippen LogP contribution in [0.4, 0.5) is 10.6 Å². The number of ether oxygens (including phenoxy) is 2. The van der Waals surface area contributed by atoms with Crippen LogP contribution in [0, 0.1) is 0 Å². The van der Waals surface area contributed by atoms with Crippen molar-refractivity contribution in [3.05, 3.63) is 18.3 Å². The Bertz CT molecular complexity index is 514. The largest absolute Gasteiger partial charge is 0.495 e. The van der Waals surface area contributed by atoms with E-state index in [0.29, 0.717) is 29.8 Å². The Morgan fingerprint density at radius 3 is 2.52 bits per heavy atom. The molecule has 7 nitrogen and oxygen atoms in total. The van der Waals surface area contributed by atoms with Crippen molar-refractivity contribution in [2.45, 2.75) is 32.8 Å². The lowest BCUT2D eigenvalue weighted by atomic mass is 10.2. The van der Waals surface area contributed by atoms with E-state index in [9.17, 15) is 4.79 Å². The number of amides is 1. The molecule has 0 fully saturated rings. The van der Waals surface area contributed by atoms with Crippen molar-refractivity contribution in [2.75, 3.05) is 25.5 Å². The van der Waals surface area contributed by atoms with Gasteiger partial charge in [0.05, 0.1) is 13.3 Å². The second-order valence-electron chi connectivity index (χ2n) is 5.75. The lowest BCUT2D eigenvalue weighted by Crippen LogP contribution is -2.35. The predicted octanol–water partition coefficient (Wildman–Crippen LogP) is 2.29. The summed E-state index contributed by atoms with van der Waals surface area (Å²) in [7, 11) is 1.58. The summed E-state index contributed by atoms with van der Waals surface area (Å²) in [6.45, 7) is 6.60. The lowest BCUT2D eigenvalue weighted by molar-refractivity contribution is 0.0527. The number of nitrogens with zero attached hydrogens (tertiary/aromatic N) is 1. The number of hydrogen-bond donors (Lipinski definition) is 3. The SMILES string of the molecule is COc1ccc(NC(=S)NCCCNC(=O)OC(C)(C)C)nc1. The highest BCUT2D eigenvalue weighted by atomic mass is 32.1. The molecule has 0 radical (unpaired) electrons. The molecule has 0 aromatic carbocycles. The fourth-order valence-corrected chi connectivity index (χ4v) is 1.74. The number of alkyl carbamates (subject to hydrolysis) is 1. The number of carbonyl (C=O) groups is 1. The Labute approximate surface area is 142 Å². The van der Waals surface area contributed by atoms with Gasteiger partial charge in [-0.1, -0.05) is 0 Å². The van der Waals surface area contributed by atoms with Gasteiger partial charge in [0.2, 0.25) is 0 Å². The molecule has 0 aliphatic carbocycles. The molecule has 0 saturated carbocycles. The topological polar surface area (TPSA) is 84.5 Å². The third-order valence-electron chi connectivity index (χ3n) is 2.52. The first-order valence-electron chi connectivity index (χ1n) is 7.32. The maximum absolute atomic E-state index is 11.4. The summed E-state index contributed by atoms with van der Waals surface area (Å²) in [5, 5.41) is 9.16. The first-order valence-corrected chi connectivity index (χ1v) is 7.73. The van der Waals surface area contributed by atoms with Crippen LogP contribution in [0.1, 0.15) is 27.2 Å². The van der Waals surface area contributed by atoms with Crippen molar-refractivity contribution in [3.8, 4) is 5.75 Å². The number of thiocarbonyl (C=S) groups is 1. The van der Waals surface area contributed by atoms with E-state index in [1.54, 1.807) is 25.4 Å². The van der Waals surface area contributed by atoms with Gasteiger partial charge in [-0.25, -0.2) is 9.78 Å². The Hall–Kier alpha value is -2.09. The van der Waals surface area contributed by atoms with Crippen molar-refractivity contribution >= 4 is 29.2 Å². The molecular formula is C15H24N4O3S. The first-order chi connectivity index (χ1) is 10.8. The predicted molar refractivity (Wildman–Crippen MR) is 93.9 cm³/mol. The van der Waals surface area contributed by atoms with Crippen molar-refractivity contribution in [1.29, 1.82) is 0 Å². The smallest absolute Gasteiger partial charge is 0.407 e. The van der Waals surface area contributed by atoms with Gasteiger partial charge < -0.3 is 25.4 Å². The molecule has 0 bridgehead atoms. The summed E-state index contributed by atoms with van der Waals surface area (Å²) in [6, 6.07) is 3.57. The van der Waals surface area contributed by atoms with E-state index in [2.05, 4.69) is 20.9 Å². The van der Waals surface area contributed by atoms with E-state index < -0.39 is 11.7 Å². The van der Waals surface area contributed by atoms with Crippen LogP contribution < -0.4 is 20.7 Å². The Morgan fingerprint density at radius 2 is 1.96 bits per heavy atom. The second kappa shape index (κ2) is 9.14. The van der Waals surface area contributed by atoms with Crippen molar-refractivity contribution < 1.29 is 14.3 Å². The lowest BCUT2D eigenvalue weighted by Gasteiger charge is -2.19. The molecule has 0 atom stereocenters. The van der Waals surface area contributed by atoms with E-state index in [1.165, 1.54) is 0 Å². The van der Waals surface area contributed by atoms with Gasteiger partial charge in [-0.05, 0) is 51.5 Å². The molecule has 1 aromatic rings. The van der Waals surface area contributed by atoms with Crippen LogP contribution in [0.5, 0.6) is 5.75 Å². The van der Waals surface area contributed by atoms with Crippen LogP contribution in [0.3, 0.4) is 0 Å². The summed E-state index contributed by atoms with van der Waals surface area (Å²) in [4.78, 5) is 15.6. The quantitative estimate of drug-likeness (QED) is 0.541. The van der Waals surface area contributed by atoms with Crippen LogP contribution in [-0.4, -0.2) is 42.0 Å². The van der Waals surface area contributed by atoms with Gasteiger partial charge in [-0.2, -0.15) is 0 Å². The average Bonchev–Trinajstić information content (AvgIpc) is 2.46. The molecule has 3 N–H and O–H groups in total. The second-order valence-corrected chi connectivity index (χ2v) is 6.15. The number of hydrogen-bond acceptors (Lipinski definition) is 5. The van der Waals surface area contributed by atoms with Gasteiger partial charge in [0.1, 0.15) is 17.2 Å². The summed E-state index contributed by atoms with van der Waals surface area (Å²) in [6.07, 6.45) is 1.91. The van der Waals surface area contributed by atoms with Crippen LogP contribution >= 0.6 is 12.2 Å². The maximum Gasteiger partial charge on any atom is 0.407 e. The van der Waals surface area contributed by atoms with Crippen molar-refractivity contribution in [1.82, 2.24) is 15.6 Å². The number of carbonyl (C=O) groups excluding carboxylic acids is 1. The minimum atomic E-state index is -0.487. The molecule has 0 aliphatic heterocycles. The number of pyridine rings is 1. The summed E-state index contributed by atoms with van der Waals surface area (Å²) in [5.74, 6) is 1.32. The summed E-state index contributed by atoms with van der Waals surface area (Å²) < 4.78 is 10.2. The van der Waals surface area contributed by atoms with Crippen LogP contribution in [0.25, 0.3) is 0 Å². The third kappa shape index (κ3) is 8.82. The normalized spacial score (nSPS) is 10.6. The molecule has 0 unspecified atom stereocenters. The molecular weight excluding hydrogens is 316 g/mol. The fraction of sp³-hybridized carbons (Fsp3) is 0.533. The molecule has 1 rings (SSSR count). The van der Waals surface area contributed by atoms with Gasteiger partial charge in [0.25, 0.3) is 0 Å². The van der Waals surface area contributed by atoms with Gasteiger partial charge in [0, 0.05) is 13.1 Å². The van der Waals surface area contributed by atoms with E-state index in [-0.39, 0.29) is 0 Å². The Kier molecular flexibility index (Phi) is 7.53. The van der Waals surface area contributed by atoms with Crippen molar-refractivity contribution in [3.63, 3.8) is 0 Å². The summed E-state index contributed by atoms with van der Waals surface area (Å²) in [5.41, 5.74) is -0.487. The van der Waals surface area contributed by atoms with Gasteiger partial charge in [0.15, 0.2) is 5.11 Å². The highest BCUT2D eigenvalue weighted by Crippen LogP contribution is 2.10. The molecule has 0 spiro atoms. The van der Waals surface area contributed by atoms with Gasteiger partial charge in [-0.15, -0.1) is 0 Å². The fourth-order valence-electron chi connectivity index (χ4n) is 1.53. The van der Waals surface area contributed by atoms with Crippen LogP contribution in [-0.2, 0) is 4.74 Å². The Balaban J connectivity index is 2.15. The molecule has 1 heterocycles. The maximum atomic E-state index is 11.4. The molecule has 23 heavy (non-hydrogen) atoms. The first kappa shape index (κ1) is 19.0.